The minimum absolute atomic E-state index is 0.0296. The number of ketones is 1. The first kappa shape index (κ1) is 21.3. The summed E-state index contributed by atoms with van der Waals surface area (Å²) in [4.78, 5) is 37.2. The fourth-order valence-corrected chi connectivity index (χ4v) is 6.47. The summed E-state index contributed by atoms with van der Waals surface area (Å²) >= 11 is 0. The largest absolute Gasteiger partial charge is 0.425 e. The molecule has 4 aliphatic carbocycles. The standard InChI is InChI=1S/C26H33O4/c1-2-3-4-5-6-7-23(28)21-8-9-24(22(13-21)17-27)30-25(29)26-14-18-10-19(15-26)12-20(11-18)16-26/h8-9,13,18-20H,2-7,10-12,14-16H2,1H3. The van der Waals surface area contributed by atoms with E-state index in [9.17, 15) is 14.4 Å². The third-order valence-electron chi connectivity index (χ3n) is 7.59. The molecular formula is C26H33O4. The molecule has 0 atom stereocenters. The molecular weight excluding hydrogens is 376 g/mol. The highest BCUT2D eigenvalue weighted by atomic mass is 16.5. The van der Waals surface area contributed by atoms with Crippen LogP contribution in [-0.2, 0) is 9.59 Å². The van der Waals surface area contributed by atoms with Crippen LogP contribution in [0.3, 0.4) is 0 Å². The Morgan fingerprint density at radius 1 is 1.00 bits per heavy atom. The second-order valence-corrected chi connectivity index (χ2v) is 9.99. The van der Waals surface area contributed by atoms with Gasteiger partial charge in [0, 0.05) is 12.0 Å². The van der Waals surface area contributed by atoms with Gasteiger partial charge in [0.2, 0.25) is 6.29 Å². The van der Waals surface area contributed by atoms with E-state index in [0.717, 1.165) is 38.5 Å². The quantitative estimate of drug-likeness (QED) is 0.212. The number of rotatable bonds is 10. The fraction of sp³-hybridized carbons (Fsp3) is 0.654. The Hall–Kier alpha value is -1.97. The summed E-state index contributed by atoms with van der Waals surface area (Å²) in [5.41, 5.74) is 0.297. The molecule has 4 aliphatic rings. The highest BCUT2D eigenvalue weighted by molar-refractivity contribution is 5.98. The van der Waals surface area contributed by atoms with Crippen molar-refractivity contribution in [1.82, 2.24) is 0 Å². The predicted octanol–water partition coefficient (Wildman–Crippen LogP) is 5.81. The molecule has 0 saturated heterocycles. The van der Waals surface area contributed by atoms with Gasteiger partial charge in [-0.3, -0.25) is 14.4 Å². The molecule has 4 nitrogen and oxygen atoms in total. The van der Waals surface area contributed by atoms with Crippen LogP contribution in [0, 0.1) is 23.2 Å². The van der Waals surface area contributed by atoms with Crippen LogP contribution in [0.15, 0.2) is 18.2 Å². The van der Waals surface area contributed by atoms with Gasteiger partial charge in [0.15, 0.2) is 5.78 Å². The van der Waals surface area contributed by atoms with Crippen LogP contribution in [-0.4, -0.2) is 18.0 Å². The van der Waals surface area contributed by atoms with E-state index in [-0.39, 0.29) is 28.5 Å². The molecule has 5 rings (SSSR count). The highest BCUT2D eigenvalue weighted by Gasteiger charge is 2.55. The average Bonchev–Trinajstić information content (AvgIpc) is 2.72. The lowest BCUT2D eigenvalue weighted by Gasteiger charge is -2.55. The lowest BCUT2D eigenvalue weighted by molar-refractivity contribution is -0.161. The average molecular weight is 410 g/mol. The molecule has 30 heavy (non-hydrogen) atoms. The molecule has 0 spiro atoms. The molecule has 1 aromatic rings. The topological polar surface area (TPSA) is 60.4 Å². The van der Waals surface area contributed by atoms with E-state index in [1.54, 1.807) is 12.1 Å². The molecule has 0 heterocycles. The minimum atomic E-state index is -0.373. The summed E-state index contributed by atoms with van der Waals surface area (Å²) in [5.74, 6) is 2.04. The number of esters is 1. The molecule has 1 aromatic carbocycles. The first-order chi connectivity index (χ1) is 14.5. The van der Waals surface area contributed by atoms with Gasteiger partial charge in [0.1, 0.15) is 5.75 Å². The summed E-state index contributed by atoms with van der Waals surface area (Å²) in [6, 6.07) is 4.81. The van der Waals surface area contributed by atoms with Gasteiger partial charge < -0.3 is 4.74 Å². The zero-order valence-electron chi connectivity index (χ0n) is 18.1. The van der Waals surface area contributed by atoms with E-state index in [1.807, 2.05) is 6.29 Å². The number of carbonyl (C=O) groups excluding carboxylic acids is 3. The Labute approximate surface area is 179 Å². The van der Waals surface area contributed by atoms with Crippen molar-refractivity contribution in [1.29, 1.82) is 0 Å². The summed E-state index contributed by atoms with van der Waals surface area (Å²) in [6.07, 6.45) is 14.3. The van der Waals surface area contributed by atoms with Crippen LogP contribution in [0.25, 0.3) is 0 Å². The number of carbonyl (C=O) groups is 2. The lowest BCUT2D eigenvalue weighted by atomic mass is 9.49. The molecule has 4 heteroatoms. The summed E-state index contributed by atoms with van der Waals surface area (Å²) in [5, 5.41) is 0. The van der Waals surface area contributed by atoms with E-state index in [4.69, 9.17) is 4.74 Å². The number of ether oxygens (including phenoxy) is 1. The van der Waals surface area contributed by atoms with E-state index in [2.05, 4.69) is 6.92 Å². The maximum absolute atomic E-state index is 13.2. The van der Waals surface area contributed by atoms with Gasteiger partial charge in [-0.1, -0.05) is 32.6 Å². The third-order valence-corrected chi connectivity index (χ3v) is 7.59. The Balaban J connectivity index is 1.40. The minimum Gasteiger partial charge on any atom is -0.425 e. The van der Waals surface area contributed by atoms with Crippen LogP contribution in [0.5, 0.6) is 5.75 Å². The van der Waals surface area contributed by atoms with Gasteiger partial charge in [-0.25, -0.2) is 0 Å². The van der Waals surface area contributed by atoms with Crippen LogP contribution in [0.4, 0.5) is 0 Å². The van der Waals surface area contributed by atoms with Gasteiger partial charge in [0.05, 0.1) is 11.0 Å². The van der Waals surface area contributed by atoms with Crippen LogP contribution in [0.1, 0.15) is 99.9 Å². The van der Waals surface area contributed by atoms with Gasteiger partial charge in [-0.05, 0) is 80.9 Å². The number of benzene rings is 1. The fourth-order valence-electron chi connectivity index (χ4n) is 6.47. The maximum Gasteiger partial charge on any atom is 0.317 e. The van der Waals surface area contributed by atoms with Gasteiger partial charge in [0.25, 0.3) is 0 Å². The lowest BCUT2D eigenvalue weighted by Crippen LogP contribution is -2.51. The van der Waals surface area contributed by atoms with E-state index in [0.29, 0.717) is 29.7 Å². The van der Waals surface area contributed by atoms with Gasteiger partial charge in [-0.2, -0.15) is 0 Å². The molecule has 161 valence electrons. The smallest absolute Gasteiger partial charge is 0.317 e. The molecule has 0 N–H and O–H groups in total. The van der Waals surface area contributed by atoms with Crippen molar-refractivity contribution >= 4 is 18.0 Å². The van der Waals surface area contributed by atoms with E-state index >= 15 is 0 Å². The Morgan fingerprint density at radius 3 is 2.23 bits per heavy atom. The maximum atomic E-state index is 13.2. The number of Topliss-reactive ketones (excluding diaryl/α,β-unsaturated/α-hetero) is 1. The van der Waals surface area contributed by atoms with Crippen molar-refractivity contribution in [3.63, 3.8) is 0 Å². The van der Waals surface area contributed by atoms with Crippen molar-refractivity contribution in [2.45, 2.75) is 84.0 Å². The molecule has 1 radical (unpaired) electrons. The molecule has 4 fully saturated rings. The Kier molecular flexibility index (Phi) is 6.40. The summed E-state index contributed by atoms with van der Waals surface area (Å²) in [6.45, 7) is 2.17. The Bertz CT molecular complexity index is 774. The Morgan fingerprint density at radius 2 is 1.63 bits per heavy atom. The van der Waals surface area contributed by atoms with Crippen molar-refractivity contribution in [3.8, 4) is 5.75 Å². The highest BCUT2D eigenvalue weighted by Crippen LogP contribution is 2.60. The molecule has 0 aliphatic heterocycles. The van der Waals surface area contributed by atoms with Crippen molar-refractivity contribution in [3.05, 3.63) is 29.3 Å². The summed E-state index contributed by atoms with van der Waals surface area (Å²) < 4.78 is 5.77. The van der Waals surface area contributed by atoms with Crippen molar-refractivity contribution < 1.29 is 19.1 Å². The molecule has 0 unspecified atom stereocenters. The normalized spacial score (nSPS) is 29.0. The molecule has 0 aromatic heterocycles. The second-order valence-electron chi connectivity index (χ2n) is 9.99. The van der Waals surface area contributed by atoms with Crippen LogP contribution in [0.2, 0.25) is 0 Å². The van der Waals surface area contributed by atoms with Crippen molar-refractivity contribution in [2.75, 3.05) is 0 Å². The van der Waals surface area contributed by atoms with Crippen LogP contribution < -0.4 is 4.74 Å². The van der Waals surface area contributed by atoms with Gasteiger partial charge >= 0.3 is 5.97 Å². The molecule has 4 bridgehead atoms. The number of unbranched alkanes of at least 4 members (excludes halogenated alkanes) is 4. The molecule has 4 saturated carbocycles. The zero-order chi connectivity index (χ0) is 21.1. The van der Waals surface area contributed by atoms with E-state index < -0.39 is 0 Å². The summed E-state index contributed by atoms with van der Waals surface area (Å²) in [7, 11) is 0. The third kappa shape index (κ3) is 4.38. The first-order valence-corrected chi connectivity index (χ1v) is 11.8. The molecule has 0 amide bonds. The monoisotopic (exact) mass is 409 g/mol. The van der Waals surface area contributed by atoms with Crippen molar-refractivity contribution in [2.24, 2.45) is 23.2 Å². The number of hydrogen-bond donors (Lipinski definition) is 0. The SMILES string of the molecule is CCCCCCCC(=O)c1ccc(OC(=O)C23CC4CC(CC(C4)C2)C3)c([C]=O)c1. The number of hydrogen-bond acceptors (Lipinski definition) is 4. The second kappa shape index (κ2) is 9.03. The predicted molar refractivity (Wildman–Crippen MR) is 115 cm³/mol. The van der Waals surface area contributed by atoms with Gasteiger partial charge in [-0.15, -0.1) is 0 Å². The zero-order valence-corrected chi connectivity index (χ0v) is 18.1. The van der Waals surface area contributed by atoms with Crippen LogP contribution >= 0.6 is 0 Å². The van der Waals surface area contributed by atoms with E-state index in [1.165, 1.54) is 38.2 Å². The first-order valence-electron chi connectivity index (χ1n) is 11.8.